The smallest absolute Gasteiger partial charge is 0.151 e. The van der Waals surface area contributed by atoms with Gasteiger partial charge in [-0.2, -0.15) is 5.10 Å². The molecule has 110 valence electrons. The summed E-state index contributed by atoms with van der Waals surface area (Å²) in [7, 11) is 1.76. The number of aromatic nitrogens is 2. The summed E-state index contributed by atoms with van der Waals surface area (Å²) in [6.07, 6.45) is 3.33. The van der Waals surface area contributed by atoms with Crippen LogP contribution in [-0.4, -0.2) is 49.2 Å². The van der Waals surface area contributed by atoms with Gasteiger partial charge in [-0.3, -0.25) is 0 Å². The van der Waals surface area contributed by atoms with Crippen molar-refractivity contribution in [1.29, 1.82) is 0 Å². The molecular formula is C15H23N3O2. The minimum Gasteiger partial charge on any atom is -0.385 e. The molecule has 2 aliphatic rings. The van der Waals surface area contributed by atoms with Gasteiger partial charge in [-0.05, 0) is 44.2 Å². The van der Waals surface area contributed by atoms with Crippen molar-refractivity contribution in [2.24, 2.45) is 5.92 Å². The Morgan fingerprint density at radius 1 is 1.45 bits per heavy atom. The Labute approximate surface area is 120 Å². The summed E-state index contributed by atoms with van der Waals surface area (Å²) < 4.78 is 11.3. The predicted molar refractivity (Wildman–Crippen MR) is 76.9 cm³/mol. The third kappa shape index (κ3) is 2.79. The minimum absolute atomic E-state index is 0.0327. The summed E-state index contributed by atoms with van der Waals surface area (Å²) >= 11 is 0. The molecule has 5 heteroatoms. The van der Waals surface area contributed by atoms with Crippen LogP contribution in [0, 0.1) is 12.8 Å². The Morgan fingerprint density at radius 3 is 3.10 bits per heavy atom. The van der Waals surface area contributed by atoms with E-state index in [9.17, 15) is 0 Å². The van der Waals surface area contributed by atoms with E-state index >= 15 is 0 Å². The molecule has 0 radical (unpaired) electrons. The second kappa shape index (κ2) is 5.66. The molecule has 1 aromatic heterocycles. The Kier molecular flexibility index (Phi) is 3.89. The number of ether oxygens (including phenoxy) is 2. The van der Waals surface area contributed by atoms with Gasteiger partial charge >= 0.3 is 0 Å². The number of anilines is 1. The predicted octanol–water partition coefficient (Wildman–Crippen LogP) is 1.81. The van der Waals surface area contributed by atoms with Gasteiger partial charge < -0.3 is 14.4 Å². The lowest BCUT2D eigenvalue weighted by atomic mass is 9.92. The van der Waals surface area contributed by atoms with Gasteiger partial charge in [-0.25, -0.2) is 0 Å². The first kappa shape index (κ1) is 13.8. The Balaban J connectivity index is 1.60. The molecule has 3 heterocycles. The zero-order valence-electron chi connectivity index (χ0n) is 12.3. The van der Waals surface area contributed by atoms with Crippen LogP contribution in [0.5, 0.6) is 0 Å². The van der Waals surface area contributed by atoms with Crippen molar-refractivity contribution in [1.82, 2.24) is 10.2 Å². The standard InChI is InChI=1S/C15H23N3O2/c1-12-3-4-14(17-16-12)18-7-6-15(11-18)9-13(10-20-15)5-8-19-2/h3-4,13H,5-11H2,1-2H3. The summed E-state index contributed by atoms with van der Waals surface area (Å²) in [5, 5.41) is 8.43. The number of methoxy groups -OCH3 is 1. The lowest BCUT2D eigenvalue weighted by Crippen LogP contribution is -2.33. The fourth-order valence-corrected chi connectivity index (χ4v) is 3.29. The summed E-state index contributed by atoms with van der Waals surface area (Å²) in [6, 6.07) is 4.07. The maximum absolute atomic E-state index is 6.14. The molecule has 2 fully saturated rings. The van der Waals surface area contributed by atoms with Crippen molar-refractivity contribution in [3.05, 3.63) is 17.8 Å². The SMILES string of the molecule is COCCC1COC2(CCN(c3ccc(C)nn3)C2)C1. The number of rotatable bonds is 4. The molecule has 0 aliphatic carbocycles. The van der Waals surface area contributed by atoms with Crippen LogP contribution in [0.4, 0.5) is 5.82 Å². The molecule has 5 nitrogen and oxygen atoms in total. The zero-order chi connectivity index (χ0) is 14.0. The van der Waals surface area contributed by atoms with Crippen LogP contribution in [-0.2, 0) is 9.47 Å². The largest absolute Gasteiger partial charge is 0.385 e. The van der Waals surface area contributed by atoms with Crippen molar-refractivity contribution in [3.63, 3.8) is 0 Å². The van der Waals surface area contributed by atoms with E-state index in [4.69, 9.17) is 9.47 Å². The molecule has 1 spiro atoms. The fourth-order valence-electron chi connectivity index (χ4n) is 3.29. The van der Waals surface area contributed by atoms with Gasteiger partial charge in [0.25, 0.3) is 0 Å². The average Bonchev–Trinajstić information content (AvgIpc) is 3.05. The van der Waals surface area contributed by atoms with Crippen molar-refractivity contribution < 1.29 is 9.47 Å². The van der Waals surface area contributed by atoms with Gasteiger partial charge in [0.05, 0.1) is 17.9 Å². The van der Waals surface area contributed by atoms with E-state index < -0.39 is 0 Å². The molecule has 0 bridgehead atoms. The van der Waals surface area contributed by atoms with Crippen molar-refractivity contribution >= 4 is 5.82 Å². The molecule has 0 amide bonds. The van der Waals surface area contributed by atoms with Gasteiger partial charge in [-0.1, -0.05) is 0 Å². The molecule has 2 atom stereocenters. The highest BCUT2D eigenvalue weighted by molar-refractivity contribution is 5.40. The van der Waals surface area contributed by atoms with Crippen LogP contribution >= 0.6 is 0 Å². The Hall–Kier alpha value is -1.20. The van der Waals surface area contributed by atoms with E-state index in [0.29, 0.717) is 5.92 Å². The summed E-state index contributed by atoms with van der Waals surface area (Å²) in [6.45, 7) is 5.61. The van der Waals surface area contributed by atoms with Crippen LogP contribution in [0.2, 0.25) is 0 Å². The van der Waals surface area contributed by atoms with Crippen LogP contribution in [0.15, 0.2) is 12.1 Å². The van der Waals surface area contributed by atoms with E-state index in [-0.39, 0.29) is 5.60 Å². The van der Waals surface area contributed by atoms with Crippen LogP contribution in [0.3, 0.4) is 0 Å². The first-order chi connectivity index (χ1) is 9.71. The van der Waals surface area contributed by atoms with E-state index in [1.165, 1.54) is 0 Å². The minimum atomic E-state index is 0.0327. The van der Waals surface area contributed by atoms with Gasteiger partial charge in [0, 0.05) is 26.8 Å². The fraction of sp³-hybridized carbons (Fsp3) is 0.733. The number of aryl methyl sites for hydroxylation is 1. The maximum Gasteiger partial charge on any atom is 0.151 e. The van der Waals surface area contributed by atoms with Crippen molar-refractivity contribution in [3.8, 4) is 0 Å². The lowest BCUT2D eigenvalue weighted by molar-refractivity contribution is 0.0213. The third-order valence-corrected chi connectivity index (χ3v) is 4.44. The lowest BCUT2D eigenvalue weighted by Gasteiger charge is -2.23. The quantitative estimate of drug-likeness (QED) is 0.840. The maximum atomic E-state index is 6.14. The van der Waals surface area contributed by atoms with Crippen molar-refractivity contribution in [2.75, 3.05) is 38.3 Å². The second-order valence-corrected chi connectivity index (χ2v) is 6.05. The highest BCUT2D eigenvalue weighted by Gasteiger charge is 2.45. The van der Waals surface area contributed by atoms with E-state index in [0.717, 1.165) is 57.1 Å². The van der Waals surface area contributed by atoms with Crippen LogP contribution in [0.1, 0.15) is 25.0 Å². The zero-order valence-corrected chi connectivity index (χ0v) is 12.3. The average molecular weight is 277 g/mol. The number of hydrogen-bond donors (Lipinski definition) is 0. The van der Waals surface area contributed by atoms with E-state index in [2.05, 4.69) is 21.2 Å². The second-order valence-electron chi connectivity index (χ2n) is 6.05. The summed E-state index contributed by atoms with van der Waals surface area (Å²) in [5.74, 6) is 1.61. The van der Waals surface area contributed by atoms with Gasteiger partial charge in [0.2, 0.25) is 0 Å². The molecule has 3 rings (SSSR count). The molecule has 0 aromatic carbocycles. The van der Waals surface area contributed by atoms with E-state index in [1.807, 2.05) is 13.0 Å². The van der Waals surface area contributed by atoms with Crippen LogP contribution < -0.4 is 4.90 Å². The molecule has 2 aliphatic heterocycles. The monoisotopic (exact) mass is 277 g/mol. The summed E-state index contributed by atoms with van der Waals surface area (Å²) in [4.78, 5) is 2.30. The molecule has 0 N–H and O–H groups in total. The summed E-state index contributed by atoms with van der Waals surface area (Å²) in [5.41, 5.74) is 0.990. The Morgan fingerprint density at radius 2 is 2.35 bits per heavy atom. The molecule has 1 aromatic rings. The molecule has 2 saturated heterocycles. The number of hydrogen-bond acceptors (Lipinski definition) is 5. The molecular weight excluding hydrogens is 254 g/mol. The Bertz CT molecular complexity index is 451. The molecule has 20 heavy (non-hydrogen) atoms. The molecule has 2 unspecified atom stereocenters. The first-order valence-electron chi connectivity index (χ1n) is 7.39. The molecule has 0 saturated carbocycles. The normalized spacial score (nSPS) is 29.5. The van der Waals surface area contributed by atoms with Gasteiger partial charge in [0.1, 0.15) is 0 Å². The highest BCUT2D eigenvalue weighted by atomic mass is 16.5. The first-order valence-corrected chi connectivity index (χ1v) is 7.39. The van der Waals surface area contributed by atoms with Gasteiger partial charge in [-0.15, -0.1) is 5.10 Å². The van der Waals surface area contributed by atoms with Gasteiger partial charge in [0.15, 0.2) is 5.82 Å². The van der Waals surface area contributed by atoms with E-state index in [1.54, 1.807) is 7.11 Å². The topological polar surface area (TPSA) is 47.5 Å². The highest BCUT2D eigenvalue weighted by Crippen LogP contribution is 2.39. The van der Waals surface area contributed by atoms with Crippen LogP contribution in [0.25, 0.3) is 0 Å². The number of nitrogens with zero attached hydrogens (tertiary/aromatic N) is 3. The third-order valence-electron chi connectivity index (χ3n) is 4.44. The van der Waals surface area contributed by atoms with Crippen molar-refractivity contribution in [2.45, 2.75) is 31.8 Å².